The van der Waals surface area contributed by atoms with Gasteiger partial charge in [-0.15, -0.1) is 12.4 Å². The van der Waals surface area contributed by atoms with Crippen molar-refractivity contribution in [1.82, 2.24) is 10.6 Å². The molecule has 2 N–H and O–H groups in total. The molecule has 6 heteroatoms. The predicted octanol–water partition coefficient (Wildman–Crippen LogP) is 1.80. The Labute approximate surface area is 118 Å². The van der Waals surface area contributed by atoms with Crippen LogP contribution in [-0.2, 0) is 4.79 Å². The summed E-state index contributed by atoms with van der Waals surface area (Å²) in [6.07, 6.45) is 1.55. The van der Waals surface area contributed by atoms with Gasteiger partial charge in [-0.1, -0.05) is 12.1 Å². The van der Waals surface area contributed by atoms with Gasteiger partial charge in [0.2, 0.25) is 5.91 Å². The maximum Gasteiger partial charge on any atom is 0.234 e. The summed E-state index contributed by atoms with van der Waals surface area (Å²) < 4.78 is 19.1. The van der Waals surface area contributed by atoms with Crippen molar-refractivity contribution < 1.29 is 13.9 Å². The molecule has 4 nitrogen and oxygen atoms in total. The lowest BCUT2D eigenvalue weighted by molar-refractivity contribution is -0.120. The van der Waals surface area contributed by atoms with Crippen LogP contribution in [0.25, 0.3) is 0 Å². The second-order valence-electron chi connectivity index (χ2n) is 4.30. The van der Waals surface area contributed by atoms with E-state index in [1.54, 1.807) is 19.2 Å². The normalized spacial score (nSPS) is 17.5. The maximum absolute atomic E-state index is 13.7. The first-order valence-electron chi connectivity index (χ1n) is 6.07. The van der Waals surface area contributed by atoms with Crippen molar-refractivity contribution in [3.05, 3.63) is 29.6 Å². The van der Waals surface area contributed by atoms with Crippen molar-refractivity contribution in [2.75, 3.05) is 20.2 Å². The number of para-hydroxylation sites is 1. The molecule has 1 aromatic carbocycles. The van der Waals surface area contributed by atoms with Crippen LogP contribution >= 0.6 is 12.4 Å². The van der Waals surface area contributed by atoms with E-state index in [4.69, 9.17) is 4.74 Å². The lowest BCUT2D eigenvalue weighted by Crippen LogP contribution is -2.35. The first-order valence-corrected chi connectivity index (χ1v) is 6.07. The van der Waals surface area contributed by atoms with Crippen molar-refractivity contribution in [1.29, 1.82) is 0 Å². The molecule has 1 unspecified atom stereocenters. The fraction of sp³-hybridized carbons (Fsp3) is 0.462. The molecule has 1 aliphatic heterocycles. The van der Waals surface area contributed by atoms with E-state index >= 15 is 0 Å². The molecule has 0 saturated carbocycles. The highest BCUT2D eigenvalue weighted by atomic mass is 35.5. The Morgan fingerprint density at radius 2 is 2.32 bits per heavy atom. The zero-order valence-corrected chi connectivity index (χ0v) is 11.6. The van der Waals surface area contributed by atoms with Crippen LogP contribution in [0.1, 0.15) is 24.4 Å². The van der Waals surface area contributed by atoms with Crippen molar-refractivity contribution in [2.24, 2.45) is 0 Å². The van der Waals surface area contributed by atoms with Crippen LogP contribution in [0.5, 0.6) is 5.75 Å². The Morgan fingerprint density at radius 1 is 1.53 bits per heavy atom. The summed E-state index contributed by atoms with van der Waals surface area (Å²) >= 11 is 0. The topological polar surface area (TPSA) is 50.4 Å². The molecular formula is C13H18ClFN2O2. The van der Waals surface area contributed by atoms with E-state index in [0.29, 0.717) is 6.61 Å². The van der Waals surface area contributed by atoms with E-state index < -0.39 is 0 Å². The summed E-state index contributed by atoms with van der Waals surface area (Å²) in [6, 6.07) is 4.63. The molecule has 0 bridgehead atoms. The van der Waals surface area contributed by atoms with Gasteiger partial charge < -0.3 is 15.4 Å². The molecule has 0 spiro atoms. The summed E-state index contributed by atoms with van der Waals surface area (Å²) in [4.78, 5) is 11.6. The minimum atomic E-state index is -0.373. The minimum Gasteiger partial charge on any atom is -0.490 e. The Kier molecular flexibility index (Phi) is 6.05. The number of carbonyl (C=O) groups is 1. The van der Waals surface area contributed by atoms with Gasteiger partial charge in [0, 0.05) is 5.56 Å². The summed E-state index contributed by atoms with van der Waals surface area (Å²) in [5, 5.41) is 5.69. The molecule has 0 radical (unpaired) electrons. The zero-order valence-electron chi connectivity index (χ0n) is 10.7. The van der Waals surface area contributed by atoms with Gasteiger partial charge in [-0.2, -0.15) is 0 Å². The number of carbonyl (C=O) groups excluding carboxylic acids is 1. The monoisotopic (exact) mass is 288 g/mol. The van der Waals surface area contributed by atoms with Crippen LogP contribution in [-0.4, -0.2) is 26.1 Å². The highest BCUT2D eigenvalue weighted by molar-refractivity contribution is 5.85. The third-order valence-corrected chi connectivity index (χ3v) is 2.93. The Bertz CT molecular complexity index is 443. The molecule has 106 valence electrons. The molecule has 0 saturated heterocycles. The second kappa shape index (κ2) is 7.31. The van der Waals surface area contributed by atoms with Crippen LogP contribution in [0.3, 0.4) is 0 Å². The van der Waals surface area contributed by atoms with Crippen molar-refractivity contribution in [3.63, 3.8) is 0 Å². The largest absolute Gasteiger partial charge is 0.490 e. The van der Waals surface area contributed by atoms with Crippen LogP contribution in [0.15, 0.2) is 18.2 Å². The standard InChI is InChI=1S/C13H17FN2O2.ClH/c1-15-8-12(17)16-11-6-3-7-18-13-9(11)4-2-5-10(13)14;/h2,4-5,11,15H,3,6-8H2,1H3,(H,16,17);1H. The molecule has 1 atom stereocenters. The predicted molar refractivity (Wildman–Crippen MR) is 73.2 cm³/mol. The Balaban J connectivity index is 0.00000180. The third-order valence-electron chi connectivity index (χ3n) is 2.93. The van der Waals surface area contributed by atoms with Crippen molar-refractivity contribution in [3.8, 4) is 5.75 Å². The molecule has 2 rings (SSSR count). The fourth-order valence-electron chi connectivity index (χ4n) is 2.13. The SMILES string of the molecule is CNCC(=O)NC1CCCOc2c(F)cccc21.Cl. The van der Waals surface area contributed by atoms with Gasteiger partial charge in [-0.25, -0.2) is 4.39 Å². The maximum atomic E-state index is 13.7. The van der Waals surface area contributed by atoms with E-state index in [2.05, 4.69) is 10.6 Å². The number of hydrogen-bond donors (Lipinski definition) is 2. The number of amides is 1. The molecule has 0 fully saturated rings. The van der Waals surface area contributed by atoms with Crippen LogP contribution in [0, 0.1) is 5.82 Å². The van der Waals surface area contributed by atoms with E-state index in [0.717, 1.165) is 18.4 Å². The van der Waals surface area contributed by atoms with Crippen LogP contribution in [0.2, 0.25) is 0 Å². The summed E-state index contributed by atoms with van der Waals surface area (Å²) in [7, 11) is 1.71. The van der Waals surface area contributed by atoms with Gasteiger partial charge >= 0.3 is 0 Å². The summed E-state index contributed by atoms with van der Waals surface area (Å²) in [5.41, 5.74) is 0.719. The number of fused-ring (bicyclic) bond motifs is 1. The first-order chi connectivity index (χ1) is 8.72. The van der Waals surface area contributed by atoms with Crippen molar-refractivity contribution in [2.45, 2.75) is 18.9 Å². The zero-order chi connectivity index (χ0) is 13.0. The van der Waals surface area contributed by atoms with Crippen molar-refractivity contribution >= 4 is 18.3 Å². The smallest absolute Gasteiger partial charge is 0.234 e. The molecule has 1 aliphatic rings. The number of likely N-dealkylation sites (N-methyl/N-ethyl adjacent to an activating group) is 1. The number of hydrogen-bond acceptors (Lipinski definition) is 3. The van der Waals surface area contributed by atoms with Gasteiger partial charge in [-0.3, -0.25) is 4.79 Å². The van der Waals surface area contributed by atoms with Gasteiger partial charge in [0.25, 0.3) is 0 Å². The second-order valence-corrected chi connectivity index (χ2v) is 4.30. The lowest BCUT2D eigenvalue weighted by Gasteiger charge is -2.18. The molecule has 1 aromatic rings. The average molecular weight is 289 g/mol. The number of halogens is 2. The number of nitrogens with one attached hydrogen (secondary N) is 2. The average Bonchev–Trinajstić information content (AvgIpc) is 2.54. The number of benzene rings is 1. The van der Waals surface area contributed by atoms with E-state index in [1.165, 1.54) is 6.07 Å². The molecule has 19 heavy (non-hydrogen) atoms. The molecule has 1 amide bonds. The highest BCUT2D eigenvalue weighted by Gasteiger charge is 2.23. The first kappa shape index (κ1) is 15.7. The molecular weight excluding hydrogens is 271 g/mol. The Hall–Kier alpha value is -1.33. The highest BCUT2D eigenvalue weighted by Crippen LogP contribution is 2.33. The molecule has 0 aliphatic carbocycles. The van der Waals surface area contributed by atoms with Crippen LogP contribution < -0.4 is 15.4 Å². The lowest BCUT2D eigenvalue weighted by atomic mass is 10.0. The Morgan fingerprint density at radius 3 is 3.05 bits per heavy atom. The fourth-order valence-corrected chi connectivity index (χ4v) is 2.13. The van der Waals surface area contributed by atoms with Crippen LogP contribution in [0.4, 0.5) is 4.39 Å². The summed E-state index contributed by atoms with van der Waals surface area (Å²) in [5.74, 6) is -0.202. The van der Waals surface area contributed by atoms with E-state index in [9.17, 15) is 9.18 Å². The van der Waals surface area contributed by atoms with Gasteiger partial charge in [0.15, 0.2) is 11.6 Å². The van der Waals surface area contributed by atoms with Gasteiger partial charge in [0.1, 0.15) is 0 Å². The minimum absolute atomic E-state index is 0. The number of ether oxygens (including phenoxy) is 1. The molecule has 1 heterocycles. The van der Waals surface area contributed by atoms with E-state index in [-0.39, 0.29) is 42.5 Å². The van der Waals surface area contributed by atoms with E-state index in [1.807, 2.05) is 0 Å². The summed E-state index contributed by atoms with van der Waals surface area (Å²) in [6.45, 7) is 0.730. The number of rotatable bonds is 3. The quantitative estimate of drug-likeness (QED) is 0.892. The van der Waals surface area contributed by atoms with Gasteiger partial charge in [-0.05, 0) is 26.0 Å². The third kappa shape index (κ3) is 3.81. The van der Waals surface area contributed by atoms with Gasteiger partial charge in [0.05, 0.1) is 19.2 Å². The molecule has 0 aromatic heterocycles.